The van der Waals surface area contributed by atoms with Crippen LogP contribution in [0.25, 0.3) is 0 Å². The van der Waals surface area contributed by atoms with Crippen LogP contribution in [0.4, 0.5) is 13.2 Å². The molecule has 1 unspecified atom stereocenters. The van der Waals surface area contributed by atoms with Gasteiger partial charge in [0.1, 0.15) is 0 Å². The molecule has 1 aromatic carbocycles. The van der Waals surface area contributed by atoms with Gasteiger partial charge in [0.25, 0.3) is 15.7 Å². The van der Waals surface area contributed by atoms with Crippen LogP contribution in [0.15, 0.2) is 29.2 Å². The van der Waals surface area contributed by atoms with Crippen molar-refractivity contribution in [2.24, 2.45) is 0 Å². The maximum atomic E-state index is 12.5. The number of carbonyl (C=O) groups excluding carboxylic acids is 1. The Morgan fingerprint density at radius 2 is 1.87 bits per heavy atom. The minimum atomic E-state index is -5.39. The monoisotopic (exact) mass is 350 g/mol. The fourth-order valence-corrected chi connectivity index (χ4v) is 3.25. The number of amides is 1. The van der Waals surface area contributed by atoms with Gasteiger partial charge in [0, 0.05) is 24.7 Å². The summed E-state index contributed by atoms with van der Waals surface area (Å²) < 4.78 is 60.0. The summed E-state index contributed by atoms with van der Waals surface area (Å²) in [6.45, 7) is 1.08. The first kappa shape index (κ1) is 17.7. The van der Waals surface area contributed by atoms with Crippen molar-refractivity contribution in [1.82, 2.24) is 10.2 Å². The maximum absolute atomic E-state index is 12.5. The summed E-state index contributed by atoms with van der Waals surface area (Å²) in [6.07, 6.45) is 1.78. The normalized spacial score (nSPS) is 19.7. The lowest BCUT2D eigenvalue weighted by atomic mass is 10.0. The minimum absolute atomic E-state index is 0.169. The summed E-state index contributed by atoms with van der Waals surface area (Å²) in [6, 6.07) is 4.04. The van der Waals surface area contributed by atoms with E-state index in [4.69, 9.17) is 0 Å². The number of piperidine rings is 1. The second-order valence-corrected chi connectivity index (χ2v) is 7.29. The van der Waals surface area contributed by atoms with Crippen LogP contribution in [-0.2, 0) is 9.84 Å². The number of rotatable bonds is 3. The lowest BCUT2D eigenvalue weighted by Crippen LogP contribution is -2.46. The van der Waals surface area contributed by atoms with Crippen LogP contribution in [0.3, 0.4) is 0 Å². The van der Waals surface area contributed by atoms with Crippen LogP contribution in [0.2, 0.25) is 0 Å². The van der Waals surface area contributed by atoms with Gasteiger partial charge < -0.3 is 10.2 Å². The Bertz CT molecular complexity index is 672. The SMILES string of the molecule is CNC1CCCN(C(=O)c2ccc(S(=O)(=O)C(F)(F)F)cc2)C1. The molecule has 5 nitrogen and oxygen atoms in total. The molecule has 1 saturated heterocycles. The van der Waals surface area contributed by atoms with Crippen molar-refractivity contribution in [2.75, 3.05) is 20.1 Å². The van der Waals surface area contributed by atoms with Crippen molar-refractivity contribution in [1.29, 1.82) is 0 Å². The fourth-order valence-electron chi connectivity index (χ4n) is 2.49. The van der Waals surface area contributed by atoms with E-state index in [0.717, 1.165) is 37.1 Å². The average molecular weight is 350 g/mol. The lowest BCUT2D eigenvalue weighted by molar-refractivity contribution is -0.0436. The number of likely N-dealkylation sites (N-methyl/N-ethyl adjacent to an activating group) is 1. The number of nitrogens with one attached hydrogen (secondary N) is 1. The molecule has 1 aliphatic heterocycles. The van der Waals surface area contributed by atoms with E-state index in [1.807, 2.05) is 0 Å². The first-order chi connectivity index (χ1) is 10.7. The van der Waals surface area contributed by atoms with Crippen molar-refractivity contribution in [3.63, 3.8) is 0 Å². The number of likely N-dealkylation sites (tertiary alicyclic amines) is 1. The van der Waals surface area contributed by atoms with Crippen molar-refractivity contribution < 1.29 is 26.4 Å². The second-order valence-electron chi connectivity index (χ2n) is 5.35. The van der Waals surface area contributed by atoms with Gasteiger partial charge in [-0.1, -0.05) is 0 Å². The summed E-state index contributed by atoms with van der Waals surface area (Å²) in [5, 5.41) is 3.09. The molecule has 0 saturated carbocycles. The van der Waals surface area contributed by atoms with Gasteiger partial charge in [-0.3, -0.25) is 4.79 Å². The Hall–Kier alpha value is -1.61. The van der Waals surface area contributed by atoms with Crippen LogP contribution < -0.4 is 5.32 Å². The second kappa shape index (κ2) is 6.48. The zero-order valence-corrected chi connectivity index (χ0v) is 13.2. The first-order valence-corrected chi connectivity index (χ1v) is 8.53. The van der Waals surface area contributed by atoms with Crippen molar-refractivity contribution in [3.05, 3.63) is 29.8 Å². The molecule has 0 aromatic heterocycles. The molecule has 128 valence electrons. The fraction of sp³-hybridized carbons (Fsp3) is 0.500. The van der Waals surface area contributed by atoms with Gasteiger partial charge in [0.15, 0.2) is 0 Å². The van der Waals surface area contributed by atoms with Gasteiger partial charge in [-0.2, -0.15) is 13.2 Å². The van der Waals surface area contributed by atoms with Crippen molar-refractivity contribution in [3.8, 4) is 0 Å². The number of nitrogens with zero attached hydrogens (tertiary/aromatic N) is 1. The Labute approximate surface area is 132 Å². The number of halogens is 3. The maximum Gasteiger partial charge on any atom is 0.501 e. The average Bonchev–Trinajstić information content (AvgIpc) is 2.53. The Balaban J connectivity index is 2.18. The molecule has 9 heteroatoms. The van der Waals surface area contributed by atoms with Crippen LogP contribution in [0.1, 0.15) is 23.2 Å². The van der Waals surface area contributed by atoms with Gasteiger partial charge in [0.05, 0.1) is 4.90 Å². The van der Waals surface area contributed by atoms with E-state index in [1.54, 1.807) is 11.9 Å². The van der Waals surface area contributed by atoms with Crippen LogP contribution >= 0.6 is 0 Å². The first-order valence-electron chi connectivity index (χ1n) is 7.05. The van der Waals surface area contributed by atoms with Crippen LogP contribution in [-0.4, -0.2) is 50.9 Å². The van der Waals surface area contributed by atoms with Gasteiger partial charge in [-0.05, 0) is 44.2 Å². The number of hydrogen-bond acceptors (Lipinski definition) is 4. The molecule has 2 rings (SSSR count). The largest absolute Gasteiger partial charge is 0.501 e. The molecule has 0 bridgehead atoms. The van der Waals surface area contributed by atoms with Gasteiger partial charge in [-0.25, -0.2) is 8.42 Å². The van der Waals surface area contributed by atoms with E-state index in [2.05, 4.69) is 5.32 Å². The highest BCUT2D eigenvalue weighted by molar-refractivity contribution is 7.92. The summed E-state index contributed by atoms with van der Waals surface area (Å²) in [5.41, 5.74) is -5.19. The predicted molar refractivity (Wildman–Crippen MR) is 77.7 cm³/mol. The molecular formula is C14H17F3N2O3S. The quantitative estimate of drug-likeness (QED) is 0.903. The molecule has 0 radical (unpaired) electrons. The van der Waals surface area contributed by atoms with E-state index >= 15 is 0 Å². The Kier molecular flexibility index (Phi) is 5.00. The third-order valence-corrected chi connectivity index (χ3v) is 5.34. The zero-order valence-electron chi connectivity index (χ0n) is 12.4. The highest BCUT2D eigenvalue weighted by Crippen LogP contribution is 2.30. The standard InChI is InChI=1S/C14H17F3N2O3S/c1-18-11-3-2-8-19(9-11)13(20)10-4-6-12(7-5-10)23(21,22)14(15,16)17/h4-7,11,18H,2-3,8-9H2,1H3. The van der Waals surface area contributed by atoms with Crippen LogP contribution in [0.5, 0.6) is 0 Å². The van der Waals surface area contributed by atoms with E-state index < -0.39 is 20.2 Å². The number of sulfone groups is 1. The molecule has 23 heavy (non-hydrogen) atoms. The molecule has 1 amide bonds. The third kappa shape index (κ3) is 3.66. The van der Waals surface area contributed by atoms with E-state index in [1.165, 1.54) is 0 Å². The smallest absolute Gasteiger partial charge is 0.337 e. The number of hydrogen-bond donors (Lipinski definition) is 1. The van der Waals surface area contributed by atoms with Gasteiger partial charge in [0.2, 0.25) is 0 Å². The molecule has 0 aliphatic carbocycles. The zero-order chi connectivity index (χ0) is 17.3. The molecule has 1 fully saturated rings. The predicted octanol–water partition coefficient (Wildman–Crippen LogP) is 1.80. The molecule has 1 atom stereocenters. The number of carbonyl (C=O) groups is 1. The molecular weight excluding hydrogens is 333 g/mol. The van der Waals surface area contributed by atoms with E-state index in [0.29, 0.717) is 13.1 Å². The third-order valence-electron chi connectivity index (χ3n) is 3.83. The summed E-state index contributed by atoms with van der Waals surface area (Å²) in [5.74, 6) is -0.319. The molecule has 1 N–H and O–H groups in total. The Morgan fingerprint density at radius 3 is 2.39 bits per heavy atom. The van der Waals surface area contributed by atoms with Crippen LogP contribution in [0, 0.1) is 0 Å². The topological polar surface area (TPSA) is 66.5 Å². The molecule has 1 aliphatic rings. The van der Waals surface area contributed by atoms with E-state index in [9.17, 15) is 26.4 Å². The van der Waals surface area contributed by atoms with Gasteiger partial charge >= 0.3 is 5.51 Å². The lowest BCUT2D eigenvalue weighted by Gasteiger charge is -2.32. The summed E-state index contributed by atoms with van der Waals surface area (Å²) in [7, 11) is -3.59. The Morgan fingerprint density at radius 1 is 1.26 bits per heavy atom. The number of alkyl halides is 3. The molecule has 1 aromatic rings. The van der Waals surface area contributed by atoms with Gasteiger partial charge in [-0.15, -0.1) is 0 Å². The highest BCUT2D eigenvalue weighted by Gasteiger charge is 2.46. The summed E-state index contributed by atoms with van der Waals surface area (Å²) >= 11 is 0. The molecule has 1 heterocycles. The molecule has 0 spiro atoms. The summed E-state index contributed by atoms with van der Waals surface area (Å²) in [4.78, 5) is 13.1. The van der Waals surface area contributed by atoms with E-state index in [-0.39, 0.29) is 17.5 Å². The number of benzene rings is 1. The van der Waals surface area contributed by atoms with Crippen molar-refractivity contribution >= 4 is 15.7 Å². The minimum Gasteiger partial charge on any atom is -0.337 e. The highest BCUT2D eigenvalue weighted by atomic mass is 32.2. The van der Waals surface area contributed by atoms with Crippen molar-refractivity contribution in [2.45, 2.75) is 29.3 Å².